The smallest absolute Gasteiger partial charge is 0.311 e. The molecule has 0 N–H and O–H groups in total. The lowest BCUT2D eigenvalue weighted by atomic mass is 10.2. The molecule has 188 valence electrons. The Kier molecular flexibility index (Phi) is 9.52. The normalized spacial score (nSPS) is 13.6. The van der Waals surface area contributed by atoms with Crippen molar-refractivity contribution in [3.05, 3.63) is 24.3 Å². The van der Waals surface area contributed by atoms with Gasteiger partial charge in [0.1, 0.15) is 11.4 Å². The topological polar surface area (TPSA) is 52.6 Å². The number of hydrogen-bond acceptors (Lipinski definition) is 5. The number of hydrogen-bond donors (Lipinski definition) is 0. The molecular formula is C27H46O4SSi. The monoisotopic (exact) mass is 494 g/mol. The summed E-state index contributed by atoms with van der Waals surface area (Å²) in [5.41, 5.74) is -0.554. The number of thioether (sulfide) groups is 1. The van der Waals surface area contributed by atoms with E-state index in [1.54, 1.807) is 20.8 Å². The summed E-state index contributed by atoms with van der Waals surface area (Å²) in [5, 5.41) is 1.87. The SMILES string of the molecule is CC(C)(C)OC(=O)CCC(=O)Oc1ccc(SC[Si](C(C)(C)C)(C(C)(C)C)C(C)(C)C)cc1. The fraction of sp³-hybridized carbons (Fsp3) is 0.704. The van der Waals surface area contributed by atoms with Gasteiger partial charge in [-0.25, -0.2) is 0 Å². The number of carbonyl (C=O) groups excluding carboxylic acids is 2. The van der Waals surface area contributed by atoms with Gasteiger partial charge in [-0.3, -0.25) is 9.59 Å². The lowest BCUT2D eigenvalue weighted by Gasteiger charge is -2.59. The molecule has 0 saturated carbocycles. The van der Waals surface area contributed by atoms with Crippen molar-refractivity contribution in [2.24, 2.45) is 0 Å². The third kappa shape index (κ3) is 8.17. The Morgan fingerprint density at radius 2 is 1.15 bits per heavy atom. The van der Waals surface area contributed by atoms with Crippen LogP contribution in [0.25, 0.3) is 0 Å². The van der Waals surface area contributed by atoms with Crippen molar-refractivity contribution in [1.82, 2.24) is 0 Å². The van der Waals surface area contributed by atoms with Crippen LogP contribution in [-0.2, 0) is 14.3 Å². The second kappa shape index (κ2) is 10.6. The van der Waals surface area contributed by atoms with Crippen LogP contribution in [0.3, 0.4) is 0 Å². The second-order valence-corrected chi connectivity index (χ2v) is 21.2. The summed E-state index contributed by atoms with van der Waals surface area (Å²) in [6.07, 6.45) is 0.0193. The molecule has 0 fully saturated rings. The maximum Gasteiger partial charge on any atom is 0.311 e. The highest BCUT2D eigenvalue weighted by atomic mass is 32.2. The number of esters is 2. The Bertz CT molecular complexity index is 767. The van der Waals surface area contributed by atoms with Crippen LogP contribution in [0.5, 0.6) is 5.75 Å². The van der Waals surface area contributed by atoms with E-state index in [9.17, 15) is 9.59 Å². The Balaban J connectivity index is 2.83. The number of ether oxygens (including phenoxy) is 2. The Labute approximate surface area is 207 Å². The van der Waals surface area contributed by atoms with E-state index in [0.29, 0.717) is 5.75 Å². The van der Waals surface area contributed by atoms with Gasteiger partial charge in [-0.2, -0.15) is 0 Å². The first kappa shape index (κ1) is 29.8. The molecule has 0 spiro atoms. The minimum atomic E-state index is -1.83. The highest BCUT2D eigenvalue weighted by Gasteiger charge is 2.59. The zero-order valence-electron chi connectivity index (χ0n) is 23.0. The van der Waals surface area contributed by atoms with E-state index in [1.165, 1.54) is 4.90 Å². The van der Waals surface area contributed by atoms with Gasteiger partial charge in [0, 0.05) is 4.90 Å². The van der Waals surface area contributed by atoms with E-state index in [0.717, 1.165) is 5.38 Å². The molecule has 0 unspecified atom stereocenters. The molecule has 1 aromatic carbocycles. The Morgan fingerprint density at radius 3 is 1.55 bits per heavy atom. The largest absolute Gasteiger partial charge is 0.460 e. The molecule has 6 heteroatoms. The summed E-state index contributed by atoms with van der Waals surface area (Å²) in [7, 11) is -1.83. The maximum atomic E-state index is 12.1. The van der Waals surface area contributed by atoms with E-state index in [4.69, 9.17) is 9.47 Å². The third-order valence-electron chi connectivity index (χ3n) is 6.31. The van der Waals surface area contributed by atoms with Crippen LogP contribution < -0.4 is 4.74 Å². The molecule has 33 heavy (non-hydrogen) atoms. The van der Waals surface area contributed by atoms with Gasteiger partial charge in [0.05, 0.1) is 20.9 Å². The van der Waals surface area contributed by atoms with Crippen molar-refractivity contribution in [2.75, 3.05) is 5.38 Å². The molecule has 0 saturated heterocycles. The molecule has 4 nitrogen and oxygen atoms in total. The first-order valence-electron chi connectivity index (χ1n) is 11.8. The lowest BCUT2D eigenvalue weighted by Crippen LogP contribution is -2.60. The fourth-order valence-electron chi connectivity index (χ4n) is 5.60. The minimum Gasteiger partial charge on any atom is -0.460 e. The fourth-order valence-corrected chi connectivity index (χ4v) is 19.4. The highest BCUT2D eigenvalue weighted by Crippen LogP contribution is 2.63. The molecule has 0 aliphatic heterocycles. The molecule has 1 aromatic rings. The average Bonchev–Trinajstić information content (AvgIpc) is 2.56. The molecule has 0 atom stereocenters. The Morgan fingerprint density at radius 1 is 0.727 bits per heavy atom. The van der Waals surface area contributed by atoms with Crippen molar-refractivity contribution in [3.8, 4) is 5.75 Å². The van der Waals surface area contributed by atoms with Crippen molar-refractivity contribution >= 4 is 31.8 Å². The molecule has 0 heterocycles. The molecule has 0 aromatic heterocycles. The van der Waals surface area contributed by atoms with Crippen LogP contribution in [0, 0.1) is 0 Å². The summed E-state index contributed by atoms with van der Waals surface area (Å²) in [6, 6.07) is 7.72. The molecule has 0 radical (unpaired) electrons. The highest BCUT2D eigenvalue weighted by molar-refractivity contribution is 8.01. The predicted octanol–water partition coefficient (Wildman–Crippen LogP) is 8.19. The first-order valence-corrected chi connectivity index (χ1v) is 15.0. The van der Waals surface area contributed by atoms with Gasteiger partial charge in [-0.1, -0.05) is 62.3 Å². The molecule has 0 aliphatic carbocycles. The number of benzene rings is 1. The van der Waals surface area contributed by atoms with Crippen LogP contribution in [0.1, 0.15) is 95.9 Å². The summed E-state index contributed by atoms with van der Waals surface area (Å²) < 4.78 is 10.6. The third-order valence-corrected chi connectivity index (χ3v) is 16.9. The van der Waals surface area contributed by atoms with Gasteiger partial charge in [0.25, 0.3) is 0 Å². The summed E-state index contributed by atoms with van der Waals surface area (Å²) in [4.78, 5) is 25.1. The van der Waals surface area contributed by atoms with Crippen LogP contribution >= 0.6 is 11.8 Å². The van der Waals surface area contributed by atoms with Gasteiger partial charge >= 0.3 is 11.9 Å². The van der Waals surface area contributed by atoms with Gasteiger partial charge in [-0.05, 0) is 65.5 Å². The summed E-state index contributed by atoms with van der Waals surface area (Å²) in [6.45, 7) is 27.1. The van der Waals surface area contributed by atoms with E-state index >= 15 is 0 Å². The van der Waals surface area contributed by atoms with E-state index in [1.807, 2.05) is 36.0 Å². The van der Waals surface area contributed by atoms with E-state index in [-0.39, 0.29) is 28.0 Å². The first-order chi connectivity index (χ1) is 14.7. The average molecular weight is 495 g/mol. The van der Waals surface area contributed by atoms with Gasteiger partial charge < -0.3 is 9.47 Å². The standard InChI is InChI=1S/C27H46O4SSi/c1-24(2,3)31-23(29)18-17-22(28)30-20-13-15-21(16-14-20)32-19-33(25(4,5)6,26(7,8)9)27(10,11)12/h13-16H,17-19H2,1-12H3. The van der Waals surface area contributed by atoms with Gasteiger partial charge in [0.2, 0.25) is 0 Å². The van der Waals surface area contributed by atoms with Crippen molar-refractivity contribution < 1.29 is 19.1 Å². The number of carbonyl (C=O) groups is 2. The summed E-state index contributed by atoms with van der Waals surface area (Å²) >= 11 is 1.92. The van der Waals surface area contributed by atoms with Crippen molar-refractivity contribution in [3.63, 3.8) is 0 Å². The van der Waals surface area contributed by atoms with Gasteiger partial charge in [0.15, 0.2) is 0 Å². The van der Waals surface area contributed by atoms with Crippen LogP contribution in [-0.4, -0.2) is 31.0 Å². The van der Waals surface area contributed by atoms with Crippen LogP contribution in [0.4, 0.5) is 0 Å². The van der Waals surface area contributed by atoms with E-state index < -0.39 is 25.6 Å². The van der Waals surface area contributed by atoms with Gasteiger partial charge in [-0.15, -0.1) is 11.8 Å². The van der Waals surface area contributed by atoms with Crippen LogP contribution in [0.15, 0.2) is 29.2 Å². The zero-order valence-corrected chi connectivity index (χ0v) is 24.8. The molecule has 0 aliphatic rings. The number of rotatable bonds is 7. The van der Waals surface area contributed by atoms with Crippen LogP contribution in [0.2, 0.25) is 15.1 Å². The quantitative estimate of drug-likeness (QED) is 0.165. The summed E-state index contributed by atoms with van der Waals surface area (Å²) in [5.74, 6) is -0.323. The molecular weight excluding hydrogens is 448 g/mol. The minimum absolute atomic E-state index is 0.00226. The second-order valence-electron chi connectivity index (χ2n) is 13.0. The van der Waals surface area contributed by atoms with Crippen molar-refractivity contribution in [1.29, 1.82) is 0 Å². The lowest BCUT2D eigenvalue weighted by molar-refractivity contribution is -0.156. The van der Waals surface area contributed by atoms with E-state index in [2.05, 4.69) is 62.3 Å². The zero-order chi connectivity index (χ0) is 25.9. The predicted molar refractivity (Wildman–Crippen MR) is 143 cm³/mol. The van der Waals surface area contributed by atoms with Crippen molar-refractivity contribution in [2.45, 2.75) is 122 Å². The Hall–Kier alpha value is -1.27. The molecule has 1 rings (SSSR count). The molecule has 0 amide bonds. The molecule has 0 bridgehead atoms. The maximum absolute atomic E-state index is 12.1.